The number of aromatic nitrogens is 2. The Morgan fingerprint density at radius 3 is 2.95 bits per heavy atom. The van der Waals surface area contributed by atoms with Crippen molar-refractivity contribution in [3.63, 3.8) is 0 Å². The van der Waals surface area contributed by atoms with Crippen molar-refractivity contribution in [1.29, 1.82) is 0 Å². The summed E-state index contributed by atoms with van der Waals surface area (Å²) in [5.74, 6) is 2.46. The molecule has 1 aromatic carbocycles. The van der Waals surface area contributed by atoms with Crippen LogP contribution < -0.4 is 10.1 Å². The first-order valence-electron chi connectivity index (χ1n) is 7.58. The lowest BCUT2D eigenvalue weighted by Crippen LogP contribution is -2.26. The first-order valence-corrected chi connectivity index (χ1v) is 7.58. The molecule has 0 bridgehead atoms. The van der Waals surface area contributed by atoms with Gasteiger partial charge in [-0.1, -0.05) is 23.7 Å². The molecule has 1 amide bonds. The molecule has 0 spiro atoms. The molecule has 1 aromatic heterocycles. The number of nitrogens with zero attached hydrogens (tertiary/aromatic N) is 2. The summed E-state index contributed by atoms with van der Waals surface area (Å²) >= 11 is 0. The van der Waals surface area contributed by atoms with Crippen molar-refractivity contribution in [3.8, 4) is 17.1 Å². The van der Waals surface area contributed by atoms with Crippen LogP contribution in [0.15, 0.2) is 22.7 Å². The van der Waals surface area contributed by atoms with E-state index in [0.29, 0.717) is 18.3 Å². The molecule has 2 aliphatic rings. The summed E-state index contributed by atoms with van der Waals surface area (Å²) in [6.45, 7) is 1.96. The third kappa shape index (κ3) is 2.24. The fourth-order valence-corrected chi connectivity index (χ4v) is 2.89. The zero-order valence-corrected chi connectivity index (χ0v) is 12.3. The van der Waals surface area contributed by atoms with Gasteiger partial charge in [0.05, 0.1) is 6.04 Å². The molecule has 6 heteroatoms. The lowest BCUT2D eigenvalue weighted by atomic mass is 9.85. The van der Waals surface area contributed by atoms with Crippen LogP contribution in [0.2, 0.25) is 0 Å². The number of hydrogen-bond donors (Lipinski definition) is 1. The minimum atomic E-state index is -0.0858. The lowest BCUT2D eigenvalue weighted by molar-refractivity contribution is -0.119. The molecule has 0 radical (unpaired) electrons. The number of ether oxygens (including phenoxy) is 1. The molecular formula is C16H17N3O3. The first-order chi connectivity index (χ1) is 10.7. The van der Waals surface area contributed by atoms with Crippen molar-refractivity contribution in [2.24, 2.45) is 0 Å². The minimum absolute atomic E-state index is 0.0613. The summed E-state index contributed by atoms with van der Waals surface area (Å²) in [7, 11) is 0. The van der Waals surface area contributed by atoms with Gasteiger partial charge in [0.15, 0.2) is 0 Å². The Kier molecular flexibility index (Phi) is 3.10. The normalized spacial score (nSPS) is 20.1. The van der Waals surface area contributed by atoms with Crippen molar-refractivity contribution in [2.75, 3.05) is 6.61 Å². The van der Waals surface area contributed by atoms with Gasteiger partial charge in [0.25, 0.3) is 0 Å². The highest BCUT2D eigenvalue weighted by atomic mass is 16.5. The van der Waals surface area contributed by atoms with Crippen LogP contribution in [-0.2, 0) is 4.79 Å². The van der Waals surface area contributed by atoms with Crippen LogP contribution in [0.25, 0.3) is 11.4 Å². The van der Waals surface area contributed by atoms with Gasteiger partial charge in [-0.25, -0.2) is 0 Å². The standard InChI is InChI=1S/C16H17N3O3/c1-9(20)17-13-8-21-14-7-11(5-6-12(13)14)15-18-16(22-19-15)10-3-2-4-10/h5-7,10,13H,2-4,8H2,1H3,(H,17,20). The van der Waals surface area contributed by atoms with Gasteiger partial charge in [-0.15, -0.1) is 0 Å². The summed E-state index contributed by atoms with van der Waals surface area (Å²) in [4.78, 5) is 15.7. The highest BCUT2D eigenvalue weighted by Crippen LogP contribution is 2.38. The molecule has 1 N–H and O–H groups in total. The van der Waals surface area contributed by atoms with E-state index in [-0.39, 0.29) is 11.9 Å². The SMILES string of the molecule is CC(=O)NC1COc2cc(-c3noc(C4CCC4)n3)ccc21. The molecule has 1 fully saturated rings. The quantitative estimate of drug-likeness (QED) is 0.942. The van der Waals surface area contributed by atoms with Gasteiger partial charge in [-0.05, 0) is 18.9 Å². The average molecular weight is 299 g/mol. The van der Waals surface area contributed by atoms with Crippen molar-refractivity contribution in [3.05, 3.63) is 29.7 Å². The van der Waals surface area contributed by atoms with E-state index in [4.69, 9.17) is 9.26 Å². The Hall–Kier alpha value is -2.37. The summed E-state index contributed by atoms with van der Waals surface area (Å²) in [6.07, 6.45) is 3.50. The fraction of sp³-hybridized carbons (Fsp3) is 0.438. The summed E-state index contributed by atoms with van der Waals surface area (Å²) in [5, 5.41) is 6.95. The van der Waals surface area contributed by atoms with E-state index < -0.39 is 0 Å². The number of nitrogens with one attached hydrogen (secondary N) is 1. The number of benzene rings is 1. The molecule has 1 aliphatic heterocycles. The van der Waals surface area contributed by atoms with E-state index in [1.54, 1.807) is 0 Å². The highest BCUT2D eigenvalue weighted by molar-refractivity contribution is 5.74. The number of carbonyl (C=O) groups excluding carboxylic acids is 1. The molecule has 2 heterocycles. The van der Waals surface area contributed by atoms with Gasteiger partial charge >= 0.3 is 0 Å². The maximum Gasteiger partial charge on any atom is 0.230 e. The zero-order chi connectivity index (χ0) is 15.1. The molecule has 2 aromatic rings. The molecule has 6 nitrogen and oxygen atoms in total. The van der Waals surface area contributed by atoms with Crippen LogP contribution in [0.4, 0.5) is 0 Å². The predicted molar refractivity (Wildman–Crippen MR) is 78.4 cm³/mol. The molecule has 1 saturated carbocycles. The van der Waals surface area contributed by atoms with E-state index in [1.165, 1.54) is 13.3 Å². The molecule has 22 heavy (non-hydrogen) atoms. The maximum absolute atomic E-state index is 11.2. The van der Waals surface area contributed by atoms with Crippen LogP contribution in [-0.4, -0.2) is 22.7 Å². The van der Waals surface area contributed by atoms with Gasteiger partial charge in [-0.2, -0.15) is 4.98 Å². The van der Waals surface area contributed by atoms with E-state index in [1.807, 2.05) is 18.2 Å². The Morgan fingerprint density at radius 1 is 1.36 bits per heavy atom. The Balaban J connectivity index is 1.59. The summed E-state index contributed by atoms with van der Waals surface area (Å²) in [5.41, 5.74) is 1.86. The van der Waals surface area contributed by atoms with Crippen LogP contribution in [0, 0.1) is 0 Å². The second-order valence-electron chi connectivity index (χ2n) is 5.90. The van der Waals surface area contributed by atoms with E-state index in [2.05, 4.69) is 15.5 Å². The molecule has 1 unspecified atom stereocenters. The predicted octanol–water partition coefficient (Wildman–Crippen LogP) is 2.57. The summed E-state index contributed by atoms with van der Waals surface area (Å²) < 4.78 is 11.0. The Labute approximate surface area is 127 Å². The van der Waals surface area contributed by atoms with Crippen molar-refractivity contribution < 1.29 is 14.1 Å². The number of amides is 1. The van der Waals surface area contributed by atoms with E-state index >= 15 is 0 Å². The molecule has 1 atom stereocenters. The largest absolute Gasteiger partial charge is 0.491 e. The maximum atomic E-state index is 11.2. The zero-order valence-electron chi connectivity index (χ0n) is 12.3. The topological polar surface area (TPSA) is 77.2 Å². The Morgan fingerprint density at radius 2 is 2.23 bits per heavy atom. The number of rotatable bonds is 3. The highest BCUT2D eigenvalue weighted by Gasteiger charge is 2.27. The van der Waals surface area contributed by atoms with Gasteiger partial charge in [0, 0.05) is 24.0 Å². The van der Waals surface area contributed by atoms with E-state index in [9.17, 15) is 4.79 Å². The smallest absolute Gasteiger partial charge is 0.230 e. The van der Waals surface area contributed by atoms with Crippen LogP contribution in [0.1, 0.15) is 49.6 Å². The van der Waals surface area contributed by atoms with Crippen LogP contribution in [0.5, 0.6) is 5.75 Å². The molecule has 1 aliphatic carbocycles. The van der Waals surface area contributed by atoms with Gasteiger partial charge in [-0.3, -0.25) is 4.79 Å². The van der Waals surface area contributed by atoms with Crippen molar-refractivity contribution >= 4 is 5.91 Å². The molecule has 4 rings (SSSR count). The third-order valence-electron chi connectivity index (χ3n) is 4.33. The number of fused-ring (bicyclic) bond motifs is 1. The minimum Gasteiger partial charge on any atom is -0.491 e. The van der Waals surface area contributed by atoms with Crippen molar-refractivity contribution in [1.82, 2.24) is 15.5 Å². The molecule has 114 valence electrons. The first kappa shape index (κ1) is 13.3. The lowest BCUT2D eigenvalue weighted by Gasteiger charge is -2.20. The average Bonchev–Trinajstić information content (AvgIpc) is 3.04. The Bertz CT molecular complexity index is 721. The monoisotopic (exact) mass is 299 g/mol. The number of carbonyl (C=O) groups is 1. The molecular weight excluding hydrogens is 282 g/mol. The van der Waals surface area contributed by atoms with Gasteiger partial charge in [0.2, 0.25) is 17.6 Å². The third-order valence-corrected chi connectivity index (χ3v) is 4.33. The molecule has 0 saturated heterocycles. The van der Waals surface area contributed by atoms with Gasteiger partial charge < -0.3 is 14.6 Å². The fourth-order valence-electron chi connectivity index (χ4n) is 2.89. The second-order valence-corrected chi connectivity index (χ2v) is 5.90. The summed E-state index contributed by atoms with van der Waals surface area (Å²) in [6, 6.07) is 5.72. The number of hydrogen-bond acceptors (Lipinski definition) is 5. The van der Waals surface area contributed by atoms with Crippen LogP contribution >= 0.6 is 0 Å². The van der Waals surface area contributed by atoms with E-state index in [0.717, 1.165) is 35.6 Å². The van der Waals surface area contributed by atoms with Crippen LogP contribution in [0.3, 0.4) is 0 Å². The van der Waals surface area contributed by atoms with Crippen molar-refractivity contribution in [2.45, 2.75) is 38.1 Å². The van der Waals surface area contributed by atoms with Gasteiger partial charge in [0.1, 0.15) is 12.4 Å². The second kappa shape index (κ2) is 5.12.